The molecule has 3 saturated heterocycles. The molecule has 6 nitrogen and oxygen atoms in total. The van der Waals surface area contributed by atoms with E-state index in [-0.39, 0.29) is 17.4 Å². The van der Waals surface area contributed by atoms with Crippen molar-refractivity contribution in [2.45, 2.75) is 57.9 Å². The van der Waals surface area contributed by atoms with Crippen LogP contribution in [0.2, 0.25) is 0 Å². The largest absolute Gasteiger partial charge is 0.342 e. The zero-order chi connectivity index (χ0) is 20.3. The van der Waals surface area contributed by atoms with Crippen LogP contribution in [0.4, 0.5) is 0 Å². The first-order valence-electron chi connectivity index (χ1n) is 11.3. The predicted octanol–water partition coefficient (Wildman–Crippen LogP) is 2.34. The Bertz CT molecular complexity index is 709. The van der Waals surface area contributed by atoms with Crippen molar-refractivity contribution in [1.82, 2.24) is 19.7 Å². The van der Waals surface area contributed by atoms with E-state index in [1.54, 1.807) is 0 Å². The zero-order valence-corrected chi connectivity index (χ0v) is 17.7. The molecule has 1 aromatic rings. The van der Waals surface area contributed by atoms with Gasteiger partial charge in [-0.1, -0.05) is 6.07 Å². The number of hydrogen-bond acceptors (Lipinski definition) is 4. The first-order valence-corrected chi connectivity index (χ1v) is 11.3. The average molecular weight is 399 g/mol. The lowest BCUT2D eigenvalue weighted by Crippen LogP contribution is -2.55. The van der Waals surface area contributed by atoms with E-state index in [4.69, 9.17) is 0 Å². The fourth-order valence-corrected chi connectivity index (χ4v) is 5.25. The van der Waals surface area contributed by atoms with E-state index in [2.05, 4.69) is 21.7 Å². The van der Waals surface area contributed by atoms with Gasteiger partial charge in [0, 0.05) is 50.9 Å². The molecule has 0 radical (unpaired) electrons. The molecule has 0 aliphatic carbocycles. The Morgan fingerprint density at radius 1 is 1.14 bits per heavy atom. The lowest BCUT2D eigenvalue weighted by Gasteiger charge is -2.48. The monoisotopic (exact) mass is 398 g/mol. The molecule has 158 valence electrons. The summed E-state index contributed by atoms with van der Waals surface area (Å²) in [5, 5.41) is 0. The number of hydrogen-bond donors (Lipinski definition) is 0. The fraction of sp³-hybridized carbons (Fsp3) is 0.696. The van der Waals surface area contributed by atoms with Gasteiger partial charge in [0.1, 0.15) is 0 Å². The summed E-state index contributed by atoms with van der Waals surface area (Å²) < 4.78 is 0. The van der Waals surface area contributed by atoms with Crippen LogP contribution in [0.25, 0.3) is 0 Å². The standard InChI is InChI=1S/C23H34N4O2/c1-19(22(29)26-13-4-5-14-26)25-16-10-23(11-17-25)9-7-21(28)27(18-23)15-8-20-6-2-3-12-24-20/h2-3,6,12,19H,4-5,7-11,13-18H2,1H3. The minimum atomic E-state index is -0.0177. The van der Waals surface area contributed by atoms with Gasteiger partial charge in [-0.15, -0.1) is 0 Å². The predicted molar refractivity (Wildman–Crippen MR) is 112 cm³/mol. The smallest absolute Gasteiger partial charge is 0.239 e. The van der Waals surface area contributed by atoms with Crippen molar-refractivity contribution < 1.29 is 9.59 Å². The molecule has 4 heterocycles. The maximum Gasteiger partial charge on any atom is 0.239 e. The molecule has 1 spiro atoms. The van der Waals surface area contributed by atoms with Crippen molar-refractivity contribution >= 4 is 11.8 Å². The first-order chi connectivity index (χ1) is 14.1. The normalized spacial score (nSPS) is 23.6. The van der Waals surface area contributed by atoms with E-state index >= 15 is 0 Å². The molecule has 0 aromatic carbocycles. The molecule has 3 aliphatic rings. The van der Waals surface area contributed by atoms with E-state index in [0.29, 0.717) is 12.3 Å². The molecular formula is C23H34N4O2. The summed E-state index contributed by atoms with van der Waals surface area (Å²) in [5.74, 6) is 0.584. The Labute approximate surface area is 174 Å². The molecule has 1 atom stereocenters. The maximum absolute atomic E-state index is 12.8. The van der Waals surface area contributed by atoms with E-state index < -0.39 is 0 Å². The van der Waals surface area contributed by atoms with Crippen LogP contribution in [-0.2, 0) is 16.0 Å². The Morgan fingerprint density at radius 3 is 2.59 bits per heavy atom. The number of amides is 2. The molecule has 29 heavy (non-hydrogen) atoms. The molecule has 1 aromatic heterocycles. The number of nitrogens with zero attached hydrogens (tertiary/aromatic N) is 4. The molecule has 3 fully saturated rings. The van der Waals surface area contributed by atoms with Gasteiger partial charge in [-0.3, -0.25) is 19.5 Å². The average Bonchev–Trinajstić information content (AvgIpc) is 3.30. The van der Waals surface area contributed by atoms with Crippen LogP contribution in [0, 0.1) is 5.41 Å². The molecular weight excluding hydrogens is 364 g/mol. The van der Waals surface area contributed by atoms with Gasteiger partial charge in [0.2, 0.25) is 11.8 Å². The molecule has 4 rings (SSSR count). The summed E-state index contributed by atoms with van der Waals surface area (Å²) in [6.45, 7) is 7.46. The molecule has 3 aliphatic heterocycles. The van der Waals surface area contributed by atoms with Gasteiger partial charge in [0.25, 0.3) is 0 Å². The molecule has 0 N–H and O–H groups in total. The van der Waals surface area contributed by atoms with Gasteiger partial charge in [0.05, 0.1) is 6.04 Å². The van der Waals surface area contributed by atoms with Crippen LogP contribution in [0.1, 0.15) is 51.1 Å². The third kappa shape index (κ3) is 4.63. The number of rotatable bonds is 5. The summed E-state index contributed by atoms with van der Waals surface area (Å²) in [5.41, 5.74) is 1.27. The lowest BCUT2D eigenvalue weighted by atomic mass is 9.72. The minimum Gasteiger partial charge on any atom is -0.342 e. The van der Waals surface area contributed by atoms with Crippen LogP contribution >= 0.6 is 0 Å². The van der Waals surface area contributed by atoms with Gasteiger partial charge in [0.15, 0.2) is 0 Å². The van der Waals surface area contributed by atoms with Gasteiger partial charge >= 0.3 is 0 Å². The summed E-state index contributed by atoms with van der Waals surface area (Å²) in [7, 11) is 0. The summed E-state index contributed by atoms with van der Waals surface area (Å²) in [4.78, 5) is 36.1. The highest BCUT2D eigenvalue weighted by atomic mass is 16.2. The van der Waals surface area contributed by atoms with E-state index in [1.165, 1.54) is 0 Å². The SMILES string of the molecule is CC(C(=O)N1CCCC1)N1CCC2(CCC(=O)N(CCc3ccccn3)C2)CC1. The molecule has 6 heteroatoms. The minimum absolute atomic E-state index is 0.0177. The molecule has 0 bridgehead atoms. The van der Waals surface area contributed by atoms with Gasteiger partial charge in [-0.05, 0) is 69.7 Å². The van der Waals surface area contributed by atoms with E-state index in [0.717, 1.165) is 83.5 Å². The second-order valence-electron chi connectivity index (χ2n) is 9.13. The number of carbonyl (C=O) groups excluding carboxylic acids is 2. The van der Waals surface area contributed by atoms with Gasteiger partial charge < -0.3 is 9.80 Å². The Balaban J connectivity index is 1.31. The quantitative estimate of drug-likeness (QED) is 0.764. The highest BCUT2D eigenvalue weighted by molar-refractivity contribution is 5.81. The third-order valence-corrected chi connectivity index (χ3v) is 7.29. The summed E-state index contributed by atoms with van der Waals surface area (Å²) in [6.07, 6.45) is 8.73. The lowest BCUT2D eigenvalue weighted by molar-refractivity contribution is -0.140. The highest BCUT2D eigenvalue weighted by Crippen LogP contribution is 2.40. The number of piperidine rings is 2. The van der Waals surface area contributed by atoms with Crippen molar-refractivity contribution in [2.24, 2.45) is 5.41 Å². The number of pyridine rings is 1. The number of aromatic nitrogens is 1. The van der Waals surface area contributed by atoms with Crippen molar-refractivity contribution in [2.75, 3.05) is 39.3 Å². The van der Waals surface area contributed by atoms with Crippen LogP contribution in [0.3, 0.4) is 0 Å². The van der Waals surface area contributed by atoms with Crippen molar-refractivity contribution in [3.05, 3.63) is 30.1 Å². The Kier molecular flexibility index (Phi) is 6.18. The summed E-state index contributed by atoms with van der Waals surface area (Å²) >= 11 is 0. The maximum atomic E-state index is 12.8. The van der Waals surface area contributed by atoms with Crippen LogP contribution in [0.15, 0.2) is 24.4 Å². The van der Waals surface area contributed by atoms with Crippen molar-refractivity contribution in [3.8, 4) is 0 Å². The molecule has 0 saturated carbocycles. The second-order valence-corrected chi connectivity index (χ2v) is 9.13. The van der Waals surface area contributed by atoms with Crippen molar-refractivity contribution in [1.29, 1.82) is 0 Å². The Morgan fingerprint density at radius 2 is 1.90 bits per heavy atom. The van der Waals surface area contributed by atoms with Crippen molar-refractivity contribution in [3.63, 3.8) is 0 Å². The number of likely N-dealkylation sites (tertiary alicyclic amines) is 3. The Hall–Kier alpha value is -1.95. The molecule has 1 unspecified atom stereocenters. The summed E-state index contributed by atoms with van der Waals surface area (Å²) in [6, 6.07) is 5.94. The fourth-order valence-electron chi connectivity index (χ4n) is 5.25. The number of carbonyl (C=O) groups is 2. The van der Waals surface area contributed by atoms with Crippen LogP contribution in [0.5, 0.6) is 0 Å². The van der Waals surface area contributed by atoms with Gasteiger partial charge in [-0.25, -0.2) is 0 Å². The van der Waals surface area contributed by atoms with Gasteiger partial charge in [-0.2, -0.15) is 0 Å². The topological polar surface area (TPSA) is 56.8 Å². The van der Waals surface area contributed by atoms with E-state index in [1.807, 2.05) is 29.3 Å². The zero-order valence-electron chi connectivity index (χ0n) is 17.7. The third-order valence-electron chi connectivity index (χ3n) is 7.29. The van der Waals surface area contributed by atoms with E-state index in [9.17, 15) is 9.59 Å². The molecule has 2 amide bonds. The first kappa shape index (κ1) is 20.3. The van der Waals surface area contributed by atoms with Crippen LogP contribution in [-0.4, -0.2) is 76.8 Å². The van der Waals surface area contributed by atoms with Crippen LogP contribution < -0.4 is 0 Å². The highest BCUT2D eigenvalue weighted by Gasteiger charge is 2.42. The second kappa shape index (κ2) is 8.82.